The van der Waals surface area contributed by atoms with Crippen LogP contribution in [0.5, 0.6) is 0 Å². The molecule has 0 saturated carbocycles. The van der Waals surface area contributed by atoms with Gasteiger partial charge in [-0.3, -0.25) is 4.79 Å². The van der Waals surface area contributed by atoms with Crippen LogP contribution in [-0.4, -0.2) is 37.5 Å². The zero-order valence-electron chi connectivity index (χ0n) is 13.1. The SMILES string of the molecule is CC(C)CC(CN(C)C)Nc1c(Cl)cc(N)cc1C(N)=O. The number of nitrogens with one attached hydrogen (secondary N) is 1. The number of nitrogen functional groups attached to an aromatic ring is 1. The van der Waals surface area contributed by atoms with Crippen molar-refractivity contribution in [1.29, 1.82) is 0 Å². The molecule has 21 heavy (non-hydrogen) atoms. The van der Waals surface area contributed by atoms with Crippen LogP contribution < -0.4 is 16.8 Å². The van der Waals surface area contributed by atoms with Crippen molar-refractivity contribution in [2.24, 2.45) is 11.7 Å². The second-order valence-electron chi connectivity index (χ2n) is 6.02. The summed E-state index contributed by atoms with van der Waals surface area (Å²) in [6.07, 6.45) is 0.955. The predicted octanol–water partition coefficient (Wildman–Crippen LogP) is 2.41. The number of anilines is 2. The lowest BCUT2D eigenvalue weighted by Gasteiger charge is -2.26. The first-order chi connectivity index (χ1) is 9.70. The van der Waals surface area contributed by atoms with Crippen LogP contribution >= 0.6 is 11.6 Å². The van der Waals surface area contributed by atoms with Gasteiger partial charge in [-0.1, -0.05) is 25.4 Å². The van der Waals surface area contributed by atoms with E-state index in [9.17, 15) is 4.79 Å². The van der Waals surface area contributed by atoms with Gasteiger partial charge in [0.2, 0.25) is 0 Å². The topological polar surface area (TPSA) is 84.4 Å². The van der Waals surface area contributed by atoms with Crippen LogP contribution in [-0.2, 0) is 0 Å². The van der Waals surface area contributed by atoms with E-state index in [1.54, 1.807) is 12.1 Å². The lowest BCUT2D eigenvalue weighted by molar-refractivity contribution is 0.100. The number of carbonyl (C=O) groups is 1. The summed E-state index contributed by atoms with van der Waals surface area (Å²) in [6.45, 7) is 5.14. The number of amides is 1. The van der Waals surface area contributed by atoms with Crippen LogP contribution in [0.25, 0.3) is 0 Å². The van der Waals surface area contributed by atoms with Crippen LogP contribution in [0.1, 0.15) is 30.6 Å². The maximum Gasteiger partial charge on any atom is 0.250 e. The third-order valence-electron chi connectivity index (χ3n) is 3.07. The number of nitrogens with two attached hydrogens (primary N) is 2. The number of hydrogen-bond donors (Lipinski definition) is 3. The molecule has 1 rings (SSSR count). The Morgan fingerprint density at radius 3 is 2.48 bits per heavy atom. The normalized spacial score (nSPS) is 12.7. The second kappa shape index (κ2) is 7.52. The van der Waals surface area contributed by atoms with Crippen LogP contribution in [0.3, 0.4) is 0 Å². The highest BCUT2D eigenvalue weighted by Gasteiger charge is 2.18. The smallest absolute Gasteiger partial charge is 0.250 e. The van der Waals surface area contributed by atoms with E-state index in [1.807, 2.05) is 14.1 Å². The highest BCUT2D eigenvalue weighted by Crippen LogP contribution is 2.30. The summed E-state index contributed by atoms with van der Waals surface area (Å²) in [6, 6.07) is 3.34. The highest BCUT2D eigenvalue weighted by molar-refractivity contribution is 6.34. The van der Waals surface area contributed by atoms with E-state index in [0.717, 1.165) is 13.0 Å². The molecule has 6 heteroatoms. The minimum absolute atomic E-state index is 0.166. The van der Waals surface area contributed by atoms with Crippen LogP contribution in [0.4, 0.5) is 11.4 Å². The first-order valence-electron chi connectivity index (χ1n) is 7.00. The summed E-state index contributed by atoms with van der Waals surface area (Å²) in [5.74, 6) is -0.0214. The van der Waals surface area contributed by atoms with E-state index < -0.39 is 5.91 Å². The van der Waals surface area contributed by atoms with Crippen molar-refractivity contribution in [2.75, 3.05) is 31.7 Å². The molecule has 1 aromatic carbocycles. The van der Waals surface area contributed by atoms with Gasteiger partial charge < -0.3 is 21.7 Å². The summed E-state index contributed by atoms with van der Waals surface area (Å²) in [5, 5.41) is 3.77. The fourth-order valence-electron chi connectivity index (χ4n) is 2.36. The molecule has 0 aliphatic heterocycles. The molecule has 5 N–H and O–H groups in total. The molecule has 0 spiro atoms. The summed E-state index contributed by atoms with van der Waals surface area (Å²) in [7, 11) is 4.02. The van der Waals surface area contributed by atoms with Crippen molar-refractivity contribution in [3.63, 3.8) is 0 Å². The molecule has 1 atom stereocenters. The molecule has 0 aliphatic rings. The van der Waals surface area contributed by atoms with Crippen LogP contribution in [0.15, 0.2) is 12.1 Å². The predicted molar refractivity (Wildman–Crippen MR) is 89.8 cm³/mol. The Kier molecular flexibility index (Phi) is 6.30. The fourth-order valence-corrected chi connectivity index (χ4v) is 2.64. The van der Waals surface area contributed by atoms with E-state index in [4.69, 9.17) is 23.1 Å². The first kappa shape index (κ1) is 17.6. The summed E-state index contributed by atoms with van der Waals surface area (Å²) < 4.78 is 0. The van der Waals surface area contributed by atoms with Crippen molar-refractivity contribution in [1.82, 2.24) is 4.90 Å². The molecule has 1 amide bonds. The lowest BCUT2D eigenvalue weighted by atomic mass is 10.0. The van der Waals surface area contributed by atoms with Gasteiger partial charge in [-0.2, -0.15) is 0 Å². The minimum Gasteiger partial charge on any atom is -0.399 e. The van der Waals surface area contributed by atoms with Crippen molar-refractivity contribution >= 4 is 28.9 Å². The number of nitrogens with zero attached hydrogens (tertiary/aromatic N) is 1. The molecular formula is C15H25ClN4O. The standard InChI is InChI=1S/C15H25ClN4O/c1-9(2)5-11(8-20(3)4)19-14-12(15(18)21)6-10(17)7-13(14)16/h6-7,9,11,19H,5,8,17H2,1-4H3,(H2,18,21). The molecule has 0 fully saturated rings. The molecule has 0 aliphatic carbocycles. The van der Waals surface area contributed by atoms with Gasteiger partial charge in [0, 0.05) is 18.3 Å². The quantitative estimate of drug-likeness (QED) is 0.675. The Labute approximate surface area is 131 Å². The van der Waals surface area contributed by atoms with Gasteiger partial charge in [-0.25, -0.2) is 0 Å². The number of benzene rings is 1. The van der Waals surface area contributed by atoms with Crippen LogP contribution in [0.2, 0.25) is 5.02 Å². The van der Waals surface area contributed by atoms with Gasteiger partial charge in [0.15, 0.2) is 0 Å². The van der Waals surface area contributed by atoms with E-state index in [2.05, 4.69) is 24.1 Å². The van der Waals surface area contributed by atoms with Crippen LogP contribution in [0, 0.1) is 5.92 Å². The minimum atomic E-state index is -0.542. The lowest BCUT2D eigenvalue weighted by Crippen LogP contribution is -2.34. The third kappa shape index (κ3) is 5.44. The van der Waals surface area contributed by atoms with Crippen molar-refractivity contribution in [3.05, 3.63) is 22.7 Å². The maximum absolute atomic E-state index is 11.6. The Morgan fingerprint density at radius 2 is 2.00 bits per heavy atom. The molecular weight excluding hydrogens is 288 g/mol. The van der Waals surface area contributed by atoms with Gasteiger partial charge in [0.05, 0.1) is 16.3 Å². The largest absolute Gasteiger partial charge is 0.399 e. The highest BCUT2D eigenvalue weighted by atomic mass is 35.5. The Hall–Kier alpha value is -1.46. The summed E-state index contributed by atoms with van der Waals surface area (Å²) >= 11 is 6.23. The molecule has 5 nitrogen and oxygen atoms in total. The molecule has 118 valence electrons. The molecule has 1 aromatic rings. The number of rotatable bonds is 7. The van der Waals surface area contributed by atoms with Crippen molar-refractivity contribution < 1.29 is 4.79 Å². The second-order valence-corrected chi connectivity index (χ2v) is 6.43. The molecule has 0 bridgehead atoms. The number of carbonyl (C=O) groups excluding carboxylic acids is 1. The zero-order valence-corrected chi connectivity index (χ0v) is 13.9. The summed E-state index contributed by atoms with van der Waals surface area (Å²) in [5.41, 5.74) is 12.5. The number of hydrogen-bond acceptors (Lipinski definition) is 4. The maximum atomic E-state index is 11.6. The van der Waals surface area contributed by atoms with E-state index in [1.165, 1.54) is 0 Å². The molecule has 0 heterocycles. The molecule has 0 saturated heterocycles. The molecule has 1 unspecified atom stereocenters. The van der Waals surface area contributed by atoms with E-state index >= 15 is 0 Å². The van der Waals surface area contributed by atoms with Gasteiger partial charge in [-0.05, 0) is 38.6 Å². The Morgan fingerprint density at radius 1 is 1.38 bits per heavy atom. The Balaban J connectivity index is 3.09. The van der Waals surface area contributed by atoms with Crippen molar-refractivity contribution in [2.45, 2.75) is 26.3 Å². The zero-order chi connectivity index (χ0) is 16.2. The first-order valence-corrected chi connectivity index (χ1v) is 7.38. The fraction of sp³-hybridized carbons (Fsp3) is 0.533. The third-order valence-corrected chi connectivity index (χ3v) is 3.37. The Bertz CT molecular complexity index is 493. The number of likely N-dealkylation sites (N-methyl/N-ethyl adjacent to an activating group) is 1. The molecule has 0 aromatic heterocycles. The van der Waals surface area contributed by atoms with E-state index in [-0.39, 0.29) is 6.04 Å². The van der Waals surface area contributed by atoms with Gasteiger partial charge in [0.1, 0.15) is 0 Å². The van der Waals surface area contributed by atoms with Gasteiger partial charge in [0.25, 0.3) is 5.91 Å². The van der Waals surface area contributed by atoms with E-state index in [0.29, 0.717) is 27.9 Å². The average Bonchev–Trinajstić information content (AvgIpc) is 2.30. The monoisotopic (exact) mass is 312 g/mol. The number of primary amides is 1. The van der Waals surface area contributed by atoms with Gasteiger partial charge >= 0.3 is 0 Å². The average molecular weight is 313 g/mol. The van der Waals surface area contributed by atoms with Gasteiger partial charge in [-0.15, -0.1) is 0 Å². The summed E-state index contributed by atoms with van der Waals surface area (Å²) in [4.78, 5) is 13.7. The number of halogens is 1. The molecule has 0 radical (unpaired) electrons. The van der Waals surface area contributed by atoms with Crippen molar-refractivity contribution in [3.8, 4) is 0 Å².